The van der Waals surface area contributed by atoms with Crippen LogP contribution in [0.2, 0.25) is 0 Å². The minimum absolute atomic E-state index is 0.207. The lowest BCUT2D eigenvalue weighted by atomic mass is 10.2. The molecule has 1 heterocycles. The van der Waals surface area contributed by atoms with Crippen LogP contribution in [0, 0.1) is 5.82 Å². The second-order valence-electron chi connectivity index (χ2n) is 3.04. The highest BCUT2D eigenvalue weighted by Crippen LogP contribution is 2.34. The third-order valence-corrected chi connectivity index (χ3v) is 1.77. The van der Waals surface area contributed by atoms with Gasteiger partial charge in [-0.25, -0.2) is 22.9 Å². The topological polar surface area (TPSA) is 48.4 Å². The van der Waals surface area contributed by atoms with Gasteiger partial charge in [-0.2, -0.15) is 0 Å². The molecule has 0 aliphatic rings. The van der Waals surface area contributed by atoms with Crippen molar-refractivity contribution in [1.29, 1.82) is 0 Å². The largest absolute Gasteiger partial charge is 0.573 e. The second kappa shape index (κ2) is 5.33. The first-order chi connectivity index (χ1) is 8.65. The van der Waals surface area contributed by atoms with Gasteiger partial charge in [-0.3, -0.25) is 0 Å². The first-order valence-electron chi connectivity index (χ1n) is 4.48. The first-order valence-corrected chi connectivity index (χ1v) is 4.48. The van der Waals surface area contributed by atoms with E-state index >= 15 is 0 Å². The molecular weight excluding hydrogens is 284 g/mol. The van der Waals surface area contributed by atoms with Crippen molar-refractivity contribution in [2.75, 3.05) is 7.11 Å². The van der Waals surface area contributed by atoms with Crippen molar-refractivity contribution in [3.8, 4) is 5.75 Å². The molecule has 0 atom stereocenters. The molecule has 0 radical (unpaired) electrons. The summed E-state index contributed by atoms with van der Waals surface area (Å²) in [6, 6.07) is 0.207. The summed E-state index contributed by atoms with van der Waals surface area (Å²) in [6.07, 6.45) is -8.95. The minimum atomic E-state index is -5.38. The zero-order valence-corrected chi connectivity index (χ0v) is 9.09. The van der Waals surface area contributed by atoms with Crippen LogP contribution in [-0.2, 0) is 4.74 Å². The zero-order chi connectivity index (χ0) is 14.8. The summed E-state index contributed by atoms with van der Waals surface area (Å²) in [5, 5.41) is 0. The number of hydrogen-bond donors (Lipinski definition) is 0. The number of rotatable bonds is 3. The Hall–Kier alpha value is -2.00. The van der Waals surface area contributed by atoms with Crippen molar-refractivity contribution in [1.82, 2.24) is 4.98 Å². The Morgan fingerprint density at radius 1 is 1.37 bits per heavy atom. The van der Waals surface area contributed by atoms with Gasteiger partial charge in [-0.1, -0.05) is 0 Å². The minimum Gasteiger partial charge on any atom is -0.464 e. The van der Waals surface area contributed by atoms with Crippen LogP contribution in [0.3, 0.4) is 0 Å². The molecule has 4 nitrogen and oxygen atoms in total. The summed E-state index contributed by atoms with van der Waals surface area (Å²) in [5.41, 5.74) is -2.54. The van der Waals surface area contributed by atoms with Crippen LogP contribution in [0.15, 0.2) is 6.07 Å². The molecule has 1 aromatic rings. The lowest BCUT2D eigenvalue weighted by Gasteiger charge is -2.13. The quantitative estimate of drug-likeness (QED) is 0.634. The molecule has 0 aromatic carbocycles. The number of hydrogen-bond acceptors (Lipinski definition) is 4. The van der Waals surface area contributed by atoms with Gasteiger partial charge in [0.2, 0.25) is 0 Å². The number of ether oxygens (including phenoxy) is 2. The fourth-order valence-electron chi connectivity index (χ4n) is 1.09. The molecule has 0 bridgehead atoms. The second-order valence-corrected chi connectivity index (χ2v) is 3.04. The van der Waals surface area contributed by atoms with Crippen LogP contribution in [0.4, 0.5) is 26.3 Å². The van der Waals surface area contributed by atoms with Crippen LogP contribution < -0.4 is 4.74 Å². The Balaban J connectivity index is 3.35. The van der Waals surface area contributed by atoms with Crippen molar-refractivity contribution in [2.45, 2.75) is 12.8 Å². The van der Waals surface area contributed by atoms with E-state index in [0.29, 0.717) is 0 Å². The van der Waals surface area contributed by atoms with Gasteiger partial charge in [0.1, 0.15) is 0 Å². The summed E-state index contributed by atoms with van der Waals surface area (Å²) < 4.78 is 81.3. The van der Waals surface area contributed by atoms with Gasteiger partial charge in [-0.05, 0) is 0 Å². The summed E-state index contributed by atoms with van der Waals surface area (Å²) in [6.45, 7) is 0. The molecule has 0 aliphatic carbocycles. The zero-order valence-electron chi connectivity index (χ0n) is 9.09. The normalized spacial score (nSPS) is 11.6. The third-order valence-electron chi connectivity index (χ3n) is 1.77. The highest BCUT2D eigenvalue weighted by molar-refractivity contribution is 5.87. The van der Waals surface area contributed by atoms with E-state index in [9.17, 15) is 31.1 Å². The number of carbonyl (C=O) groups is 1. The highest BCUT2D eigenvalue weighted by Gasteiger charge is 2.36. The lowest BCUT2D eigenvalue weighted by molar-refractivity contribution is -0.276. The van der Waals surface area contributed by atoms with Crippen molar-refractivity contribution in [3.05, 3.63) is 23.3 Å². The van der Waals surface area contributed by atoms with Gasteiger partial charge >= 0.3 is 12.3 Å². The van der Waals surface area contributed by atoms with Crippen LogP contribution in [0.1, 0.15) is 22.6 Å². The highest BCUT2D eigenvalue weighted by atomic mass is 19.4. The fourth-order valence-corrected chi connectivity index (χ4v) is 1.09. The van der Waals surface area contributed by atoms with E-state index < -0.39 is 41.7 Å². The maximum Gasteiger partial charge on any atom is 0.573 e. The van der Waals surface area contributed by atoms with E-state index in [1.807, 2.05) is 0 Å². The molecule has 106 valence electrons. The number of aromatic nitrogens is 1. The van der Waals surface area contributed by atoms with Crippen molar-refractivity contribution in [2.24, 2.45) is 0 Å². The van der Waals surface area contributed by atoms with E-state index in [4.69, 9.17) is 0 Å². The Kier molecular flexibility index (Phi) is 4.22. The standard InChI is InChI=1S/C9H5F6NO3/c1-18-8(17)4-2-3(10)6(19-9(13,14)15)5(16-4)7(11)12/h2,7H,1H3. The average molecular weight is 289 g/mol. The van der Waals surface area contributed by atoms with Gasteiger partial charge in [0.05, 0.1) is 7.11 Å². The number of methoxy groups -OCH3 is 1. The number of carbonyl (C=O) groups excluding carboxylic acids is 1. The van der Waals surface area contributed by atoms with Crippen molar-refractivity contribution in [3.63, 3.8) is 0 Å². The smallest absolute Gasteiger partial charge is 0.464 e. The van der Waals surface area contributed by atoms with Crippen molar-refractivity contribution < 1.29 is 40.6 Å². The number of alkyl halides is 5. The monoisotopic (exact) mass is 289 g/mol. The molecule has 0 spiro atoms. The maximum absolute atomic E-state index is 13.3. The summed E-state index contributed by atoms with van der Waals surface area (Å²) >= 11 is 0. The van der Waals surface area contributed by atoms with E-state index in [0.717, 1.165) is 7.11 Å². The van der Waals surface area contributed by atoms with E-state index in [1.54, 1.807) is 0 Å². The first kappa shape index (κ1) is 15.1. The van der Waals surface area contributed by atoms with Crippen LogP contribution in [0.5, 0.6) is 5.75 Å². The number of nitrogens with zero attached hydrogens (tertiary/aromatic N) is 1. The molecule has 1 aromatic heterocycles. The van der Waals surface area contributed by atoms with Gasteiger partial charge in [0, 0.05) is 6.07 Å². The molecule has 0 unspecified atom stereocenters. The predicted octanol–water partition coefficient (Wildman–Crippen LogP) is 2.84. The van der Waals surface area contributed by atoms with Crippen LogP contribution in [0.25, 0.3) is 0 Å². The van der Waals surface area contributed by atoms with Gasteiger partial charge in [0.15, 0.2) is 23.0 Å². The van der Waals surface area contributed by atoms with E-state index in [-0.39, 0.29) is 6.07 Å². The van der Waals surface area contributed by atoms with E-state index in [2.05, 4.69) is 14.5 Å². The van der Waals surface area contributed by atoms with E-state index in [1.165, 1.54) is 0 Å². The molecule has 0 aliphatic heterocycles. The van der Waals surface area contributed by atoms with Gasteiger partial charge in [0.25, 0.3) is 6.43 Å². The van der Waals surface area contributed by atoms with Crippen LogP contribution in [-0.4, -0.2) is 24.4 Å². The number of esters is 1. The van der Waals surface area contributed by atoms with Gasteiger partial charge in [-0.15, -0.1) is 13.2 Å². The molecule has 19 heavy (non-hydrogen) atoms. The number of halogens is 6. The molecular formula is C9H5F6NO3. The Morgan fingerprint density at radius 3 is 2.37 bits per heavy atom. The Bertz CT molecular complexity index is 488. The number of pyridine rings is 1. The molecule has 0 N–H and O–H groups in total. The predicted molar refractivity (Wildman–Crippen MR) is 47.2 cm³/mol. The summed E-state index contributed by atoms with van der Waals surface area (Å²) in [4.78, 5) is 13.9. The molecule has 0 fully saturated rings. The molecule has 0 saturated carbocycles. The van der Waals surface area contributed by atoms with Gasteiger partial charge < -0.3 is 9.47 Å². The summed E-state index contributed by atoms with van der Waals surface area (Å²) in [5.74, 6) is -4.86. The lowest BCUT2D eigenvalue weighted by Crippen LogP contribution is -2.20. The third kappa shape index (κ3) is 3.73. The molecule has 0 amide bonds. The Morgan fingerprint density at radius 2 is 1.95 bits per heavy atom. The molecule has 10 heteroatoms. The maximum atomic E-state index is 13.3. The van der Waals surface area contributed by atoms with Crippen molar-refractivity contribution >= 4 is 5.97 Å². The Labute approximate surface area is 101 Å². The SMILES string of the molecule is COC(=O)c1cc(F)c(OC(F)(F)F)c(C(F)F)n1. The molecule has 0 saturated heterocycles. The summed E-state index contributed by atoms with van der Waals surface area (Å²) in [7, 11) is 0.865. The molecule has 1 rings (SSSR count). The fraction of sp³-hybridized carbons (Fsp3) is 0.333. The van der Waals surface area contributed by atoms with Crippen LogP contribution >= 0.6 is 0 Å². The average Bonchev–Trinajstić information content (AvgIpc) is 2.28.